The van der Waals surface area contributed by atoms with Crippen LogP contribution in [0.4, 0.5) is 0 Å². The van der Waals surface area contributed by atoms with E-state index in [0.29, 0.717) is 0 Å². The van der Waals surface area contributed by atoms with Crippen LogP contribution in [0.5, 0.6) is 23.0 Å². The zero-order valence-corrected chi connectivity index (χ0v) is 27.7. The average molecular weight is 757 g/mol. The second kappa shape index (κ2) is 15.6. The van der Waals surface area contributed by atoms with Gasteiger partial charge < -0.3 is 94.1 Å². The highest BCUT2D eigenvalue weighted by atomic mass is 16.8. The summed E-state index contributed by atoms with van der Waals surface area (Å²) in [6.45, 7) is -0.140. The first-order valence-corrected chi connectivity index (χ1v) is 16.4. The van der Waals surface area contributed by atoms with Gasteiger partial charge in [-0.3, -0.25) is 4.79 Å². The predicted molar refractivity (Wildman–Crippen MR) is 171 cm³/mol. The highest BCUT2D eigenvalue weighted by Gasteiger charge is 2.52. The molecule has 3 aliphatic rings. The predicted octanol–water partition coefficient (Wildman–Crippen LogP) is -3.57. The van der Waals surface area contributed by atoms with Crippen molar-refractivity contribution in [1.82, 2.24) is 0 Å². The Bertz CT molecular complexity index is 1780. The van der Waals surface area contributed by atoms with E-state index in [0.717, 1.165) is 12.1 Å². The molecule has 0 bridgehead atoms. The molecule has 0 saturated carbocycles. The summed E-state index contributed by atoms with van der Waals surface area (Å²) in [5, 5.41) is 124. The normalized spacial score (nSPS) is 37.8. The molecule has 292 valence electrons. The molecule has 0 spiro atoms. The Morgan fingerprint density at radius 3 is 1.98 bits per heavy atom. The second-order valence-electron chi connectivity index (χ2n) is 12.9. The van der Waals surface area contributed by atoms with Gasteiger partial charge in [0.15, 0.2) is 24.4 Å². The molecule has 6 rings (SSSR count). The number of aromatic hydroxyl groups is 3. The largest absolute Gasteiger partial charge is 0.508 e. The van der Waals surface area contributed by atoms with Crippen molar-refractivity contribution >= 4 is 11.0 Å². The summed E-state index contributed by atoms with van der Waals surface area (Å²) in [7, 11) is 0. The average Bonchev–Trinajstić information content (AvgIpc) is 3.12. The fourth-order valence-corrected chi connectivity index (χ4v) is 6.25. The molecular formula is C33H40O20. The van der Waals surface area contributed by atoms with Gasteiger partial charge in [-0.1, -0.05) is 0 Å². The van der Waals surface area contributed by atoms with Crippen LogP contribution in [0.15, 0.2) is 45.6 Å². The van der Waals surface area contributed by atoms with Gasteiger partial charge in [-0.2, -0.15) is 0 Å². The topological polar surface area (TPSA) is 328 Å². The standard InChI is InChI=1S/C33H40O20/c1-10-19(38)23(42)26(45)31(48-10)47-9-17-21(40)25(44)30(53-32-27(46)24(43)20(39)16(8-34)50-32)33(51-17)52-29-22(41)18-14(37)6-13(36)7-15(18)49-28(29)11-2-4-12(35)5-3-11/h2-7,10,16-17,19-21,23-27,30-40,42-46H,8-9H2,1H3/t10-,16-,17+,19-,20-,21+,23-,24+,25-,26-,27+,30+,31-,32+,33-/m1/s1. The van der Waals surface area contributed by atoms with Gasteiger partial charge in [-0.05, 0) is 31.2 Å². The van der Waals surface area contributed by atoms with Gasteiger partial charge in [0, 0.05) is 17.7 Å². The third-order valence-corrected chi connectivity index (χ3v) is 9.30. The molecule has 3 fully saturated rings. The van der Waals surface area contributed by atoms with Gasteiger partial charge in [0.25, 0.3) is 0 Å². The number of fused-ring (bicyclic) bond motifs is 1. The molecule has 0 aliphatic carbocycles. The van der Waals surface area contributed by atoms with Crippen molar-refractivity contribution in [1.29, 1.82) is 0 Å². The Hall–Kier alpha value is -3.71. The number of aliphatic hydroxyl groups excluding tert-OH is 9. The van der Waals surface area contributed by atoms with Crippen molar-refractivity contribution in [2.24, 2.45) is 0 Å². The quantitative estimate of drug-likeness (QED) is 0.100. The molecule has 4 heterocycles. The first kappa shape index (κ1) is 39.0. The van der Waals surface area contributed by atoms with Crippen LogP contribution in [0.25, 0.3) is 22.3 Å². The maximum atomic E-state index is 14.0. The fraction of sp³-hybridized carbons (Fsp3) is 0.545. The molecule has 20 heteroatoms. The van der Waals surface area contributed by atoms with Gasteiger partial charge in [-0.15, -0.1) is 0 Å². The van der Waals surface area contributed by atoms with Crippen molar-refractivity contribution in [3.63, 3.8) is 0 Å². The molecular weight excluding hydrogens is 716 g/mol. The monoisotopic (exact) mass is 756 g/mol. The zero-order chi connectivity index (χ0) is 38.5. The van der Waals surface area contributed by atoms with Crippen LogP contribution in [0.1, 0.15) is 6.92 Å². The minimum Gasteiger partial charge on any atom is -0.508 e. The third-order valence-electron chi connectivity index (χ3n) is 9.30. The Labute approximate surface area is 298 Å². The maximum absolute atomic E-state index is 14.0. The molecule has 12 N–H and O–H groups in total. The van der Waals surface area contributed by atoms with E-state index in [2.05, 4.69) is 0 Å². The Kier molecular flexibility index (Phi) is 11.5. The van der Waals surface area contributed by atoms with Gasteiger partial charge in [0.1, 0.15) is 89.3 Å². The van der Waals surface area contributed by atoms with Crippen molar-refractivity contribution in [3.8, 4) is 34.3 Å². The molecule has 3 saturated heterocycles. The van der Waals surface area contributed by atoms with E-state index in [4.69, 9.17) is 32.8 Å². The summed E-state index contributed by atoms with van der Waals surface area (Å²) < 4.78 is 40.0. The molecule has 3 aromatic rings. The zero-order valence-electron chi connectivity index (χ0n) is 27.7. The first-order chi connectivity index (χ1) is 25.1. The van der Waals surface area contributed by atoms with Gasteiger partial charge in [0.2, 0.25) is 17.5 Å². The molecule has 0 unspecified atom stereocenters. The third kappa shape index (κ3) is 7.52. The van der Waals surface area contributed by atoms with Crippen LogP contribution < -0.4 is 10.2 Å². The number of phenolic OH excluding ortho intramolecular Hbond substituents is 3. The van der Waals surface area contributed by atoms with Crippen LogP contribution >= 0.6 is 0 Å². The lowest BCUT2D eigenvalue weighted by Crippen LogP contribution is -2.65. The van der Waals surface area contributed by atoms with Crippen LogP contribution in [0.2, 0.25) is 0 Å². The van der Waals surface area contributed by atoms with Crippen molar-refractivity contribution < 1.29 is 94.1 Å². The lowest BCUT2D eigenvalue weighted by Gasteiger charge is -2.46. The van der Waals surface area contributed by atoms with E-state index in [9.17, 15) is 66.1 Å². The molecule has 53 heavy (non-hydrogen) atoms. The maximum Gasteiger partial charge on any atom is 0.239 e. The highest BCUT2D eigenvalue weighted by Crippen LogP contribution is 2.38. The fourth-order valence-electron chi connectivity index (χ4n) is 6.25. The summed E-state index contributed by atoms with van der Waals surface area (Å²) in [4.78, 5) is 14.0. The molecule has 1 aromatic heterocycles. The summed E-state index contributed by atoms with van der Waals surface area (Å²) >= 11 is 0. The first-order valence-electron chi connectivity index (χ1n) is 16.4. The summed E-state index contributed by atoms with van der Waals surface area (Å²) in [5.41, 5.74) is -1.23. The van der Waals surface area contributed by atoms with Crippen molar-refractivity contribution in [2.45, 2.75) is 99.0 Å². The van der Waals surface area contributed by atoms with Crippen LogP contribution in [-0.4, -0.2) is 167 Å². The van der Waals surface area contributed by atoms with E-state index < -0.39 is 133 Å². The van der Waals surface area contributed by atoms with E-state index in [-0.39, 0.29) is 22.7 Å². The molecule has 3 aliphatic heterocycles. The highest BCUT2D eigenvalue weighted by molar-refractivity contribution is 5.88. The smallest absolute Gasteiger partial charge is 0.239 e. The molecule has 20 nitrogen and oxygen atoms in total. The molecule has 0 amide bonds. The number of phenols is 3. The van der Waals surface area contributed by atoms with Crippen LogP contribution in [0.3, 0.4) is 0 Å². The lowest BCUT2D eigenvalue weighted by atomic mass is 9.97. The summed E-state index contributed by atoms with van der Waals surface area (Å²) in [6, 6.07) is 7.05. The molecule has 2 aromatic carbocycles. The van der Waals surface area contributed by atoms with E-state index in [1.165, 1.54) is 31.2 Å². The van der Waals surface area contributed by atoms with Gasteiger partial charge in [0.05, 0.1) is 19.3 Å². The summed E-state index contributed by atoms with van der Waals surface area (Å²) in [5.74, 6) is -2.39. The molecule has 0 radical (unpaired) electrons. The number of rotatable bonds is 9. The Morgan fingerprint density at radius 2 is 1.30 bits per heavy atom. The lowest BCUT2D eigenvalue weighted by molar-refractivity contribution is -0.362. The number of benzene rings is 2. The van der Waals surface area contributed by atoms with Crippen molar-refractivity contribution in [2.75, 3.05) is 13.2 Å². The number of hydrogen-bond donors (Lipinski definition) is 12. The molecule has 15 atom stereocenters. The second-order valence-corrected chi connectivity index (χ2v) is 12.9. The number of aliphatic hydroxyl groups is 9. The van der Waals surface area contributed by atoms with E-state index in [1.807, 2.05) is 0 Å². The Morgan fingerprint density at radius 1 is 0.679 bits per heavy atom. The van der Waals surface area contributed by atoms with Gasteiger partial charge >= 0.3 is 0 Å². The van der Waals surface area contributed by atoms with Crippen LogP contribution in [-0.2, 0) is 23.7 Å². The van der Waals surface area contributed by atoms with Crippen molar-refractivity contribution in [3.05, 3.63) is 46.6 Å². The van der Waals surface area contributed by atoms with Crippen LogP contribution in [0, 0.1) is 0 Å². The van der Waals surface area contributed by atoms with Gasteiger partial charge in [-0.25, -0.2) is 0 Å². The minimum atomic E-state index is -2.06. The van der Waals surface area contributed by atoms with E-state index in [1.54, 1.807) is 0 Å². The number of hydrogen-bond acceptors (Lipinski definition) is 20. The minimum absolute atomic E-state index is 0.112. The Balaban J connectivity index is 1.39. The SMILES string of the molecule is C[C@H]1O[C@@H](OC[C@@H]2O[C@H](Oc3c(-c4ccc(O)cc4)oc4cc(O)cc(O)c4c3=O)[C@@H](O[C@@H]3O[C@H](CO)[C@@H](O)[C@H](O)[C@@H]3O)[C@H](O)[C@H]2O)[C@H](O)[C@H](O)[C@@H]1O. The number of ether oxygens (including phenoxy) is 6. The summed E-state index contributed by atoms with van der Waals surface area (Å²) in [6.07, 6.45) is -26.1. The van der Waals surface area contributed by atoms with E-state index >= 15 is 0 Å².